The summed E-state index contributed by atoms with van der Waals surface area (Å²) in [5.74, 6) is -2.37. The quantitative estimate of drug-likeness (QED) is 0.164. The molecule has 0 saturated carbocycles. The van der Waals surface area contributed by atoms with Crippen LogP contribution in [0.25, 0.3) is 10.9 Å². The molecule has 2 aromatic carbocycles. The van der Waals surface area contributed by atoms with Gasteiger partial charge in [0.2, 0.25) is 11.8 Å². The Morgan fingerprint density at radius 2 is 1.59 bits per heavy atom. The van der Waals surface area contributed by atoms with Crippen molar-refractivity contribution in [1.82, 2.24) is 20.9 Å². The smallest absolute Gasteiger partial charge is 0.270 e. The van der Waals surface area contributed by atoms with Crippen LogP contribution in [0, 0.1) is 0 Å². The van der Waals surface area contributed by atoms with Gasteiger partial charge in [-0.1, -0.05) is 54.6 Å². The molecule has 2 aromatic heterocycles. The minimum absolute atomic E-state index is 0.0744. The van der Waals surface area contributed by atoms with E-state index in [0.717, 1.165) is 10.9 Å². The SMILES string of the molecule is CC(C)(C)NC(=O)c1sccc1C[C@@H](O)[C@H](Cc1ccccc1)NC(=O)[C@H](CC(N)=O)NC(=O)c1ccc2ccccc2n1. The first-order chi connectivity index (χ1) is 20.9. The predicted octanol–water partition coefficient (Wildman–Crippen LogP) is 3.13. The minimum Gasteiger partial charge on any atom is -0.391 e. The number of aliphatic hydroxyl groups excluding tert-OH is 1. The molecule has 11 heteroatoms. The van der Waals surface area contributed by atoms with Gasteiger partial charge >= 0.3 is 0 Å². The molecule has 4 rings (SSSR count). The number of carbonyl (C=O) groups excluding carboxylic acids is 4. The van der Waals surface area contributed by atoms with Crippen molar-refractivity contribution in [1.29, 1.82) is 0 Å². The number of thiophene rings is 1. The van der Waals surface area contributed by atoms with Crippen molar-refractivity contribution in [3.05, 3.63) is 99.9 Å². The van der Waals surface area contributed by atoms with Crippen molar-refractivity contribution in [3.63, 3.8) is 0 Å². The summed E-state index contributed by atoms with van der Waals surface area (Å²) in [5, 5.41) is 22.4. The Labute approximate surface area is 260 Å². The zero-order valence-electron chi connectivity index (χ0n) is 24.9. The van der Waals surface area contributed by atoms with E-state index in [2.05, 4.69) is 20.9 Å². The monoisotopic (exact) mass is 615 g/mol. The molecule has 0 fully saturated rings. The first-order valence-corrected chi connectivity index (χ1v) is 15.1. The number of rotatable bonds is 12. The maximum atomic E-state index is 13.6. The maximum absolute atomic E-state index is 13.6. The lowest BCUT2D eigenvalue weighted by molar-refractivity contribution is -0.128. The highest BCUT2D eigenvalue weighted by Gasteiger charge is 2.30. The molecule has 4 aromatic rings. The lowest BCUT2D eigenvalue weighted by Gasteiger charge is -2.27. The highest BCUT2D eigenvalue weighted by Crippen LogP contribution is 2.21. The van der Waals surface area contributed by atoms with Crippen LogP contribution in [0.3, 0.4) is 0 Å². The van der Waals surface area contributed by atoms with E-state index in [-0.39, 0.29) is 24.4 Å². The van der Waals surface area contributed by atoms with E-state index < -0.39 is 47.9 Å². The van der Waals surface area contributed by atoms with E-state index in [9.17, 15) is 24.3 Å². The van der Waals surface area contributed by atoms with Crippen molar-refractivity contribution in [2.24, 2.45) is 5.73 Å². The van der Waals surface area contributed by atoms with Gasteiger partial charge in [-0.05, 0) is 61.9 Å². The van der Waals surface area contributed by atoms with E-state index in [4.69, 9.17) is 5.73 Å². The molecule has 6 N–H and O–H groups in total. The Morgan fingerprint density at radius 3 is 2.30 bits per heavy atom. The van der Waals surface area contributed by atoms with Crippen LogP contribution in [0.4, 0.5) is 0 Å². The van der Waals surface area contributed by atoms with Gasteiger partial charge in [0.05, 0.1) is 29.0 Å². The molecule has 2 heterocycles. The Bertz CT molecular complexity index is 1630. The van der Waals surface area contributed by atoms with E-state index in [1.165, 1.54) is 17.4 Å². The molecule has 4 amide bonds. The number of para-hydroxylation sites is 1. The second kappa shape index (κ2) is 14.2. The third-order valence-electron chi connectivity index (χ3n) is 6.82. The first kappa shape index (κ1) is 32.3. The molecule has 230 valence electrons. The fourth-order valence-electron chi connectivity index (χ4n) is 4.73. The van der Waals surface area contributed by atoms with Crippen LogP contribution in [0.15, 0.2) is 78.2 Å². The molecule has 0 aliphatic carbocycles. The molecular weight excluding hydrogens is 578 g/mol. The number of pyridine rings is 1. The van der Waals surface area contributed by atoms with Crippen molar-refractivity contribution in [2.45, 2.75) is 63.8 Å². The lowest BCUT2D eigenvalue weighted by atomic mass is 9.95. The van der Waals surface area contributed by atoms with Gasteiger partial charge in [0.1, 0.15) is 11.7 Å². The number of carbonyl (C=O) groups is 4. The van der Waals surface area contributed by atoms with Crippen molar-refractivity contribution < 1.29 is 24.3 Å². The van der Waals surface area contributed by atoms with E-state index in [0.29, 0.717) is 16.0 Å². The van der Waals surface area contributed by atoms with Gasteiger partial charge in [-0.25, -0.2) is 4.98 Å². The molecule has 3 atom stereocenters. The Kier molecular flexibility index (Phi) is 10.5. The normalized spacial score (nSPS) is 13.5. The summed E-state index contributed by atoms with van der Waals surface area (Å²) >= 11 is 1.27. The third-order valence-corrected chi connectivity index (χ3v) is 7.77. The number of fused-ring (bicyclic) bond motifs is 1. The summed E-state index contributed by atoms with van der Waals surface area (Å²) in [4.78, 5) is 56.4. The number of primary amides is 1. The number of hydrogen-bond donors (Lipinski definition) is 5. The number of aromatic nitrogens is 1. The number of hydrogen-bond acceptors (Lipinski definition) is 7. The summed E-state index contributed by atoms with van der Waals surface area (Å²) in [6, 6.07) is 19.5. The van der Waals surface area contributed by atoms with Crippen molar-refractivity contribution in [3.8, 4) is 0 Å². The number of nitrogens with one attached hydrogen (secondary N) is 3. The molecule has 10 nitrogen and oxygen atoms in total. The molecule has 44 heavy (non-hydrogen) atoms. The predicted molar refractivity (Wildman–Crippen MR) is 170 cm³/mol. The van der Waals surface area contributed by atoms with Crippen molar-refractivity contribution >= 4 is 45.9 Å². The number of aliphatic hydroxyl groups is 1. The van der Waals surface area contributed by atoms with Crippen LogP contribution in [0.2, 0.25) is 0 Å². The van der Waals surface area contributed by atoms with Crippen LogP contribution in [-0.4, -0.2) is 57.4 Å². The van der Waals surface area contributed by atoms with Crippen LogP contribution < -0.4 is 21.7 Å². The van der Waals surface area contributed by atoms with Gasteiger partial charge in [-0.15, -0.1) is 11.3 Å². The third kappa shape index (κ3) is 8.95. The lowest BCUT2D eigenvalue weighted by Crippen LogP contribution is -2.54. The molecule has 0 aliphatic rings. The van der Waals surface area contributed by atoms with Gasteiger partial charge in [0.25, 0.3) is 11.8 Å². The van der Waals surface area contributed by atoms with E-state index in [1.54, 1.807) is 29.6 Å². The highest BCUT2D eigenvalue weighted by molar-refractivity contribution is 7.12. The molecule has 0 unspecified atom stereocenters. The Morgan fingerprint density at radius 1 is 0.886 bits per heavy atom. The van der Waals surface area contributed by atoms with E-state index in [1.807, 2.05) is 63.2 Å². The van der Waals surface area contributed by atoms with Gasteiger partial charge in [0, 0.05) is 17.3 Å². The second-order valence-electron chi connectivity index (χ2n) is 11.6. The second-order valence-corrected chi connectivity index (χ2v) is 12.6. The Hall–Kier alpha value is -4.61. The number of benzene rings is 2. The summed E-state index contributed by atoms with van der Waals surface area (Å²) < 4.78 is 0. The topological polar surface area (TPSA) is 164 Å². The van der Waals surface area contributed by atoms with Gasteiger partial charge < -0.3 is 26.8 Å². The molecular formula is C33H37N5O5S. The summed E-state index contributed by atoms with van der Waals surface area (Å²) in [6.45, 7) is 5.65. The molecule has 0 radical (unpaired) electrons. The standard InChI is InChI=1S/C33H37N5O5S/c1-33(2,3)38-32(43)29-22(15-16-44-29)18-27(39)25(17-20-9-5-4-6-10-20)36-31(42)26(19-28(34)40)37-30(41)24-14-13-21-11-7-8-12-23(21)35-24/h4-16,25-27,39H,17-19H2,1-3H3,(H2,34,40)(H,36,42)(H,37,41)(H,38,43)/t25-,26-,27+/m0/s1. The minimum atomic E-state index is -1.31. The number of amides is 4. The van der Waals surface area contributed by atoms with Crippen LogP contribution in [0.1, 0.15) is 58.5 Å². The summed E-state index contributed by atoms with van der Waals surface area (Å²) in [6.07, 6.45) is -1.23. The Balaban J connectivity index is 1.54. The number of nitrogens with two attached hydrogens (primary N) is 1. The fourth-order valence-corrected chi connectivity index (χ4v) is 5.56. The van der Waals surface area contributed by atoms with Crippen molar-refractivity contribution in [2.75, 3.05) is 0 Å². The van der Waals surface area contributed by atoms with Gasteiger partial charge in [0.15, 0.2) is 0 Å². The summed E-state index contributed by atoms with van der Waals surface area (Å²) in [5.41, 5.74) is 7.17. The average molecular weight is 616 g/mol. The molecule has 0 bridgehead atoms. The molecule has 0 aliphatic heterocycles. The first-order valence-electron chi connectivity index (χ1n) is 14.3. The van der Waals surface area contributed by atoms with Crippen LogP contribution >= 0.6 is 11.3 Å². The zero-order chi connectivity index (χ0) is 31.9. The van der Waals surface area contributed by atoms with E-state index >= 15 is 0 Å². The average Bonchev–Trinajstić information content (AvgIpc) is 3.44. The van der Waals surface area contributed by atoms with Gasteiger partial charge in [-0.2, -0.15) is 0 Å². The molecule has 0 spiro atoms. The highest BCUT2D eigenvalue weighted by atomic mass is 32.1. The largest absolute Gasteiger partial charge is 0.391 e. The number of nitrogens with zero attached hydrogens (tertiary/aromatic N) is 1. The van der Waals surface area contributed by atoms with Gasteiger partial charge in [-0.3, -0.25) is 19.2 Å². The maximum Gasteiger partial charge on any atom is 0.270 e. The van der Waals surface area contributed by atoms with Crippen LogP contribution in [0.5, 0.6) is 0 Å². The fraction of sp³-hybridized carbons (Fsp3) is 0.303. The molecule has 0 saturated heterocycles. The summed E-state index contributed by atoms with van der Waals surface area (Å²) in [7, 11) is 0. The van der Waals surface area contributed by atoms with Crippen LogP contribution in [-0.2, 0) is 22.4 Å². The zero-order valence-corrected chi connectivity index (χ0v) is 25.7.